The van der Waals surface area contributed by atoms with Crippen molar-refractivity contribution in [1.29, 1.82) is 0 Å². The van der Waals surface area contributed by atoms with Gasteiger partial charge in [-0.05, 0) is 30.3 Å². The smallest absolute Gasteiger partial charge is 0.306 e. The Bertz CT molecular complexity index is 956. The van der Waals surface area contributed by atoms with Crippen LogP contribution in [0.1, 0.15) is 5.56 Å². The van der Waals surface area contributed by atoms with E-state index in [0.717, 1.165) is 22.8 Å². The Labute approximate surface area is 121 Å². The fourth-order valence-corrected chi connectivity index (χ4v) is 2.20. The number of benzene rings is 2. The molecule has 0 amide bonds. The first-order chi connectivity index (χ1) is 10.4. The van der Waals surface area contributed by atoms with Crippen molar-refractivity contribution in [2.75, 3.05) is 0 Å². The van der Waals surface area contributed by atoms with E-state index in [2.05, 4.69) is 4.98 Å². The lowest BCUT2D eigenvalue weighted by molar-refractivity contribution is -0.137. The van der Waals surface area contributed by atoms with Gasteiger partial charge in [0.15, 0.2) is 0 Å². The summed E-state index contributed by atoms with van der Waals surface area (Å²) in [4.78, 5) is 26.8. The minimum Gasteiger partial charge on any atom is -0.306 e. The number of nitrogens with one attached hydrogen (secondary N) is 1. The molecule has 3 rings (SSSR count). The van der Waals surface area contributed by atoms with Crippen LogP contribution in [0.4, 0.5) is 13.2 Å². The fraction of sp³-hybridized carbons (Fsp3) is 0.0667. The maximum Gasteiger partial charge on any atom is 0.416 e. The van der Waals surface area contributed by atoms with Gasteiger partial charge in [-0.1, -0.05) is 18.2 Å². The first-order valence-corrected chi connectivity index (χ1v) is 6.29. The lowest BCUT2D eigenvalue weighted by Crippen LogP contribution is -2.33. The van der Waals surface area contributed by atoms with Crippen LogP contribution in [0, 0.1) is 0 Å². The van der Waals surface area contributed by atoms with E-state index >= 15 is 0 Å². The second-order valence-corrected chi connectivity index (χ2v) is 4.66. The Morgan fingerprint density at radius 2 is 1.64 bits per heavy atom. The summed E-state index contributed by atoms with van der Waals surface area (Å²) in [5, 5.41) is -0.196. The maximum absolute atomic E-state index is 12.8. The number of H-pyrrole nitrogens is 1. The summed E-state index contributed by atoms with van der Waals surface area (Å²) in [6.45, 7) is 0. The monoisotopic (exact) mass is 306 g/mol. The predicted octanol–water partition coefficient (Wildman–Crippen LogP) is 2.70. The van der Waals surface area contributed by atoms with Crippen molar-refractivity contribution >= 4 is 10.9 Å². The van der Waals surface area contributed by atoms with E-state index in [0.29, 0.717) is 0 Å². The molecule has 0 saturated carbocycles. The van der Waals surface area contributed by atoms with E-state index < -0.39 is 23.0 Å². The van der Waals surface area contributed by atoms with Gasteiger partial charge in [0.2, 0.25) is 0 Å². The van der Waals surface area contributed by atoms with Gasteiger partial charge in [-0.3, -0.25) is 4.79 Å². The van der Waals surface area contributed by atoms with Crippen molar-refractivity contribution in [2.24, 2.45) is 0 Å². The van der Waals surface area contributed by atoms with Crippen LogP contribution in [0.15, 0.2) is 58.1 Å². The number of halogens is 3. The van der Waals surface area contributed by atoms with E-state index in [1.807, 2.05) is 0 Å². The molecule has 0 unspecified atom stereocenters. The molecule has 4 nitrogen and oxygen atoms in total. The highest BCUT2D eigenvalue weighted by Gasteiger charge is 2.30. The number of hydrogen-bond acceptors (Lipinski definition) is 2. The number of fused-ring (bicyclic) bond motifs is 1. The molecule has 112 valence electrons. The van der Waals surface area contributed by atoms with E-state index in [-0.39, 0.29) is 16.6 Å². The van der Waals surface area contributed by atoms with Crippen LogP contribution < -0.4 is 11.2 Å². The van der Waals surface area contributed by atoms with Gasteiger partial charge in [-0.15, -0.1) is 0 Å². The third-order valence-corrected chi connectivity index (χ3v) is 3.24. The van der Waals surface area contributed by atoms with Gasteiger partial charge in [0.25, 0.3) is 5.56 Å². The van der Waals surface area contributed by atoms with E-state index in [1.54, 1.807) is 18.2 Å². The first-order valence-electron chi connectivity index (χ1n) is 6.29. The van der Waals surface area contributed by atoms with Crippen molar-refractivity contribution in [1.82, 2.24) is 9.55 Å². The lowest BCUT2D eigenvalue weighted by atomic mass is 10.1. The average molecular weight is 306 g/mol. The minimum absolute atomic E-state index is 0.0650. The molecule has 0 atom stereocenters. The third kappa shape index (κ3) is 2.30. The molecule has 1 heterocycles. The number of aromatic amines is 1. The zero-order valence-electron chi connectivity index (χ0n) is 11.0. The van der Waals surface area contributed by atoms with E-state index in [1.165, 1.54) is 12.1 Å². The molecule has 0 radical (unpaired) electrons. The molecular weight excluding hydrogens is 297 g/mol. The number of para-hydroxylation sites is 1. The highest BCUT2D eigenvalue weighted by atomic mass is 19.4. The molecule has 1 aromatic heterocycles. The van der Waals surface area contributed by atoms with Crippen molar-refractivity contribution in [3.63, 3.8) is 0 Å². The van der Waals surface area contributed by atoms with Crippen LogP contribution in [-0.4, -0.2) is 9.55 Å². The molecule has 3 aromatic rings. The van der Waals surface area contributed by atoms with Crippen LogP contribution >= 0.6 is 0 Å². The molecular formula is C15H9F3N2O2. The Kier molecular flexibility index (Phi) is 3.13. The highest BCUT2D eigenvalue weighted by molar-refractivity contribution is 5.78. The van der Waals surface area contributed by atoms with E-state index in [4.69, 9.17) is 0 Å². The van der Waals surface area contributed by atoms with Gasteiger partial charge in [-0.25, -0.2) is 9.36 Å². The summed E-state index contributed by atoms with van der Waals surface area (Å²) < 4.78 is 39.1. The molecule has 2 aromatic carbocycles. The summed E-state index contributed by atoms with van der Waals surface area (Å²) in [5.41, 5.74) is -2.09. The third-order valence-electron chi connectivity index (χ3n) is 3.24. The van der Waals surface area contributed by atoms with Gasteiger partial charge < -0.3 is 4.98 Å². The summed E-state index contributed by atoms with van der Waals surface area (Å²) in [5.74, 6) is 0. The molecule has 7 heteroatoms. The normalized spacial score (nSPS) is 11.8. The van der Waals surface area contributed by atoms with Crippen LogP contribution in [0.5, 0.6) is 0 Å². The van der Waals surface area contributed by atoms with Crippen molar-refractivity contribution < 1.29 is 13.2 Å². The van der Waals surface area contributed by atoms with Gasteiger partial charge >= 0.3 is 11.9 Å². The molecule has 0 fully saturated rings. The molecule has 0 bridgehead atoms. The topological polar surface area (TPSA) is 54.9 Å². The van der Waals surface area contributed by atoms with Gasteiger partial charge in [0, 0.05) is 0 Å². The second-order valence-electron chi connectivity index (χ2n) is 4.66. The Morgan fingerprint density at radius 1 is 0.955 bits per heavy atom. The second kappa shape index (κ2) is 4.87. The molecule has 0 saturated heterocycles. The van der Waals surface area contributed by atoms with Crippen molar-refractivity contribution in [2.45, 2.75) is 6.18 Å². The molecule has 22 heavy (non-hydrogen) atoms. The number of nitrogens with zero attached hydrogens (tertiary/aromatic N) is 1. The fourth-order valence-electron chi connectivity index (χ4n) is 2.20. The number of aromatic nitrogens is 2. The lowest BCUT2D eigenvalue weighted by Gasteiger charge is -2.09. The van der Waals surface area contributed by atoms with Gasteiger partial charge in [-0.2, -0.15) is 13.2 Å². The van der Waals surface area contributed by atoms with Crippen LogP contribution in [0.3, 0.4) is 0 Å². The van der Waals surface area contributed by atoms with E-state index in [9.17, 15) is 22.8 Å². The standard InChI is InChI=1S/C15H9F3N2O2/c16-15(17,18)9-6-7-12-11(8-9)13(21)20(14(22)19-12)10-4-2-1-3-5-10/h1-8H,(H,19,22). The maximum atomic E-state index is 12.8. The largest absolute Gasteiger partial charge is 0.416 e. The first kappa shape index (κ1) is 14.1. The number of rotatable bonds is 1. The number of alkyl halides is 3. The van der Waals surface area contributed by atoms with Crippen molar-refractivity contribution in [3.8, 4) is 5.69 Å². The average Bonchev–Trinajstić information content (AvgIpc) is 2.47. The van der Waals surface area contributed by atoms with Crippen LogP contribution in [-0.2, 0) is 6.18 Å². The quantitative estimate of drug-likeness (QED) is 0.751. The Balaban J connectivity index is 2.37. The predicted molar refractivity (Wildman–Crippen MR) is 75.2 cm³/mol. The molecule has 0 aliphatic carbocycles. The molecule has 0 spiro atoms. The summed E-state index contributed by atoms with van der Waals surface area (Å²) in [6, 6.07) is 10.6. The molecule has 0 aliphatic heterocycles. The zero-order valence-corrected chi connectivity index (χ0v) is 11.0. The highest BCUT2D eigenvalue weighted by Crippen LogP contribution is 2.30. The number of hydrogen-bond donors (Lipinski definition) is 1. The zero-order chi connectivity index (χ0) is 15.9. The Morgan fingerprint density at radius 3 is 2.27 bits per heavy atom. The Hall–Kier alpha value is -2.83. The minimum atomic E-state index is -4.56. The molecule has 0 aliphatic rings. The summed E-state index contributed by atoms with van der Waals surface area (Å²) in [7, 11) is 0. The summed E-state index contributed by atoms with van der Waals surface area (Å²) in [6.07, 6.45) is -4.56. The SMILES string of the molecule is O=c1[nH]c2ccc(C(F)(F)F)cc2c(=O)n1-c1ccccc1. The summed E-state index contributed by atoms with van der Waals surface area (Å²) >= 11 is 0. The molecule has 1 N–H and O–H groups in total. The van der Waals surface area contributed by atoms with Gasteiger partial charge in [0.1, 0.15) is 0 Å². The van der Waals surface area contributed by atoms with Crippen LogP contribution in [0.2, 0.25) is 0 Å². The van der Waals surface area contributed by atoms with Crippen molar-refractivity contribution in [3.05, 3.63) is 74.9 Å². The van der Waals surface area contributed by atoms with Crippen LogP contribution in [0.25, 0.3) is 16.6 Å². The van der Waals surface area contributed by atoms with Gasteiger partial charge in [0.05, 0.1) is 22.2 Å².